The van der Waals surface area contributed by atoms with Gasteiger partial charge in [-0.15, -0.1) is 0 Å². The minimum Gasteiger partial charge on any atom is -0.349 e. The summed E-state index contributed by atoms with van der Waals surface area (Å²) in [4.78, 5) is 37.0. The van der Waals surface area contributed by atoms with Crippen molar-refractivity contribution < 1.29 is 14.4 Å². The Morgan fingerprint density at radius 1 is 0.903 bits per heavy atom. The molecule has 0 saturated heterocycles. The molecule has 0 spiro atoms. The smallest absolute Gasteiger partial charge is 0.329 e. The van der Waals surface area contributed by atoms with E-state index in [1.54, 1.807) is 42.5 Å². The molecule has 1 aliphatic rings. The van der Waals surface area contributed by atoms with Crippen molar-refractivity contribution in [2.24, 2.45) is 5.10 Å². The summed E-state index contributed by atoms with van der Waals surface area (Å²) in [5, 5.41) is 9.90. The first-order valence-corrected chi connectivity index (χ1v) is 10.7. The van der Waals surface area contributed by atoms with Gasteiger partial charge in [0.15, 0.2) is 0 Å². The number of carbonyl (C=O) groups excluding carboxylic acids is 3. The van der Waals surface area contributed by atoms with Crippen molar-refractivity contribution in [2.75, 3.05) is 5.32 Å². The van der Waals surface area contributed by atoms with Crippen LogP contribution < -0.4 is 16.1 Å². The maximum Gasteiger partial charge on any atom is 0.329 e. The third-order valence-corrected chi connectivity index (χ3v) is 5.59. The Hall–Kier alpha value is -2.90. The normalized spacial score (nSPS) is 14.3. The maximum atomic E-state index is 12.7. The van der Waals surface area contributed by atoms with Crippen LogP contribution in [0, 0.1) is 0 Å². The number of anilines is 1. The summed E-state index contributed by atoms with van der Waals surface area (Å²) >= 11 is 12.1. The van der Waals surface area contributed by atoms with Crippen LogP contribution >= 0.6 is 23.2 Å². The van der Waals surface area contributed by atoms with E-state index >= 15 is 0 Å². The highest BCUT2D eigenvalue weighted by molar-refractivity contribution is 6.40. The third kappa shape index (κ3) is 6.29. The van der Waals surface area contributed by atoms with Gasteiger partial charge in [-0.3, -0.25) is 14.4 Å². The molecule has 3 amide bonds. The van der Waals surface area contributed by atoms with E-state index in [1.165, 1.54) is 12.6 Å². The zero-order valence-corrected chi connectivity index (χ0v) is 18.2. The molecule has 3 N–H and O–H groups in total. The van der Waals surface area contributed by atoms with Gasteiger partial charge in [0.2, 0.25) is 0 Å². The lowest BCUT2D eigenvalue weighted by Gasteiger charge is -2.23. The van der Waals surface area contributed by atoms with Crippen molar-refractivity contribution in [3.05, 3.63) is 63.6 Å². The third-order valence-electron chi connectivity index (χ3n) is 4.93. The zero-order chi connectivity index (χ0) is 22.2. The fourth-order valence-electron chi connectivity index (χ4n) is 3.32. The van der Waals surface area contributed by atoms with Crippen molar-refractivity contribution in [1.29, 1.82) is 0 Å². The lowest BCUT2D eigenvalue weighted by molar-refractivity contribution is -0.136. The van der Waals surface area contributed by atoms with Crippen molar-refractivity contribution in [2.45, 2.75) is 38.1 Å². The predicted octanol–water partition coefficient (Wildman–Crippen LogP) is 4.14. The first-order chi connectivity index (χ1) is 15.0. The summed E-state index contributed by atoms with van der Waals surface area (Å²) in [7, 11) is 0. The van der Waals surface area contributed by atoms with Crippen LogP contribution in [-0.2, 0) is 9.59 Å². The molecule has 2 aromatic rings. The fourth-order valence-corrected chi connectivity index (χ4v) is 3.81. The standard InChI is InChI=1S/C22H22Cl2N4O3/c23-17-10-6-11-18(24)16(17)13-25-28-22(31)21(30)27-19-12-5-4-9-15(19)20(29)26-14-7-2-1-3-8-14/h4-6,9-14H,1-3,7-8H2,(H,26,29)(H,27,30)(H,28,31). The molecular formula is C22H22Cl2N4O3. The second-order valence-corrected chi connectivity index (χ2v) is 7.96. The van der Waals surface area contributed by atoms with Gasteiger partial charge in [0.25, 0.3) is 5.91 Å². The minimum atomic E-state index is -0.998. The number of halogens is 2. The number of nitrogens with one attached hydrogen (secondary N) is 3. The van der Waals surface area contributed by atoms with Crippen molar-refractivity contribution in [1.82, 2.24) is 10.7 Å². The summed E-state index contributed by atoms with van der Waals surface area (Å²) in [6.45, 7) is 0. The average Bonchev–Trinajstić information content (AvgIpc) is 2.76. The van der Waals surface area contributed by atoms with Crippen LogP contribution in [0.4, 0.5) is 5.69 Å². The Bertz CT molecular complexity index is 984. The van der Waals surface area contributed by atoms with Crippen LogP contribution in [0.2, 0.25) is 10.0 Å². The highest BCUT2D eigenvalue weighted by Crippen LogP contribution is 2.22. The molecule has 0 unspecified atom stereocenters. The van der Waals surface area contributed by atoms with E-state index in [-0.39, 0.29) is 17.6 Å². The highest BCUT2D eigenvalue weighted by atomic mass is 35.5. The van der Waals surface area contributed by atoms with E-state index in [9.17, 15) is 14.4 Å². The Kier molecular flexibility index (Phi) is 8.03. The van der Waals surface area contributed by atoms with Gasteiger partial charge in [-0.25, -0.2) is 5.43 Å². The van der Waals surface area contributed by atoms with E-state index in [4.69, 9.17) is 23.2 Å². The number of benzene rings is 2. The van der Waals surface area contributed by atoms with Crippen LogP contribution in [0.15, 0.2) is 47.6 Å². The summed E-state index contributed by atoms with van der Waals surface area (Å²) in [5.41, 5.74) is 3.07. The summed E-state index contributed by atoms with van der Waals surface area (Å²) in [5.74, 6) is -2.24. The van der Waals surface area contributed by atoms with E-state index in [2.05, 4.69) is 21.2 Å². The quantitative estimate of drug-likeness (QED) is 0.355. The van der Waals surface area contributed by atoms with Crippen molar-refractivity contribution in [3.63, 3.8) is 0 Å². The van der Waals surface area contributed by atoms with Gasteiger partial charge in [0.1, 0.15) is 0 Å². The van der Waals surface area contributed by atoms with E-state index in [0.717, 1.165) is 25.7 Å². The molecule has 9 heteroatoms. The Morgan fingerprint density at radius 2 is 1.58 bits per heavy atom. The van der Waals surface area contributed by atoms with E-state index in [0.29, 0.717) is 21.2 Å². The largest absolute Gasteiger partial charge is 0.349 e. The number of amides is 3. The van der Waals surface area contributed by atoms with E-state index < -0.39 is 11.8 Å². The molecule has 31 heavy (non-hydrogen) atoms. The van der Waals surface area contributed by atoms with Crippen molar-refractivity contribution in [3.8, 4) is 0 Å². The lowest BCUT2D eigenvalue weighted by Crippen LogP contribution is -2.37. The number of hydrogen-bond acceptors (Lipinski definition) is 4. The van der Waals surface area contributed by atoms with Gasteiger partial charge in [0, 0.05) is 11.6 Å². The molecule has 0 aromatic heterocycles. The van der Waals surface area contributed by atoms with E-state index in [1.807, 2.05) is 0 Å². The predicted molar refractivity (Wildman–Crippen MR) is 122 cm³/mol. The maximum absolute atomic E-state index is 12.7. The topological polar surface area (TPSA) is 99.7 Å². The molecule has 1 aliphatic carbocycles. The molecule has 0 bridgehead atoms. The molecule has 2 aromatic carbocycles. The van der Waals surface area contributed by atoms with Crippen LogP contribution in [0.3, 0.4) is 0 Å². The highest BCUT2D eigenvalue weighted by Gasteiger charge is 2.20. The van der Waals surface area contributed by atoms with Gasteiger partial charge in [-0.05, 0) is 37.1 Å². The number of nitrogens with zero attached hydrogens (tertiary/aromatic N) is 1. The number of para-hydroxylation sites is 1. The second kappa shape index (κ2) is 10.9. The number of hydrazone groups is 1. The molecule has 7 nitrogen and oxygen atoms in total. The fraction of sp³-hybridized carbons (Fsp3) is 0.273. The molecule has 162 valence electrons. The summed E-state index contributed by atoms with van der Waals surface area (Å²) in [6, 6.07) is 11.6. The van der Waals surface area contributed by atoms with Gasteiger partial charge >= 0.3 is 11.8 Å². The first-order valence-electron chi connectivity index (χ1n) is 9.94. The van der Waals surface area contributed by atoms with Crippen molar-refractivity contribution >= 4 is 52.8 Å². The number of hydrogen-bond donors (Lipinski definition) is 3. The molecule has 0 heterocycles. The summed E-state index contributed by atoms with van der Waals surface area (Å²) in [6.07, 6.45) is 6.49. The molecule has 0 radical (unpaired) electrons. The lowest BCUT2D eigenvalue weighted by atomic mass is 9.95. The molecule has 1 saturated carbocycles. The van der Waals surface area contributed by atoms with Gasteiger partial charge in [-0.2, -0.15) is 5.10 Å². The first kappa shape index (κ1) is 22.8. The van der Waals surface area contributed by atoms with Gasteiger partial charge in [-0.1, -0.05) is 60.7 Å². The molecule has 3 rings (SSSR count). The minimum absolute atomic E-state index is 0.124. The Balaban J connectivity index is 1.61. The second-order valence-electron chi connectivity index (χ2n) is 7.14. The average molecular weight is 461 g/mol. The zero-order valence-electron chi connectivity index (χ0n) is 16.7. The van der Waals surface area contributed by atoms with Gasteiger partial charge in [0.05, 0.1) is 27.5 Å². The Morgan fingerprint density at radius 3 is 2.29 bits per heavy atom. The SMILES string of the molecule is O=C(NN=Cc1c(Cl)cccc1Cl)C(=O)Nc1ccccc1C(=O)NC1CCCCC1. The van der Waals surface area contributed by atoms with Crippen LogP contribution in [0.5, 0.6) is 0 Å². The molecule has 0 aliphatic heterocycles. The molecule has 0 atom stereocenters. The molecule has 1 fully saturated rings. The van der Waals surface area contributed by atoms with Crippen LogP contribution in [0.1, 0.15) is 48.0 Å². The number of carbonyl (C=O) groups is 3. The Labute approximate surface area is 190 Å². The summed E-state index contributed by atoms with van der Waals surface area (Å²) < 4.78 is 0. The molecular weight excluding hydrogens is 439 g/mol. The monoisotopic (exact) mass is 460 g/mol. The number of rotatable bonds is 5. The van der Waals surface area contributed by atoms with Crippen LogP contribution in [-0.4, -0.2) is 30.0 Å². The van der Waals surface area contributed by atoms with Gasteiger partial charge < -0.3 is 10.6 Å². The van der Waals surface area contributed by atoms with Crippen LogP contribution in [0.25, 0.3) is 0 Å².